The summed E-state index contributed by atoms with van der Waals surface area (Å²) in [5.41, 5.74) is 6.26. The van der Waals surface area contributed by atoms with E-state index in [0.29, 0.717) is 24.6 Å². The molecule has 142 valence electrons. The molecule has 1 atom stereocenters. The Morgan fingerprint density at radius 1 is 1.32 bits per heavy atom. The van der Waals surface area contributed by atoms with Crippen molar-refractivity contribution in [1.82, 2.24) is 4.90 Å². The lowest BCUT2D eigenvalue weighted by Gasteiger charge is -2.33. The van der Waals surface area contributed by atoms with Gasteiger partial charge in [0.15, 0.2) is 0 Å². The maximum atomic E-state index is 12.4. The average molecular weight is 381 g/mol. The van der Waals surface area contributed by atoms with Crippen LogP contribution >= 0.6 is 12.4 Å². The van der Waals surface area contributed by atoms with Gasteiger partial charge in [0.1, 0.15) is 5.75 Å². The maximum absolute atomic E-state index is 12.4. The monoisotopic (exact) mass is 380 g/mol. The van der Waals surface area contributed by atoms with E-state index in [-0.39, 0.29) is 42.9 Å². The molecule has 0 aliphatic carbocycles. The molecule has 1 saturated heterocycles. The molecule has 0 aromatic heterocycles. The van der Waals surface area contributed by atoms with Gasteiger partial charge in [-0.25, -0.2) is 0 Å². The number of hydrogen-bond donors (Lipinski definition) is 1. The van der Waals surface area contributed by atoms with Crippen LogP contribution in [0, 0.1) is 5.92 Å². The van der Waals surface area contributed by atoms with Crippen molar-refractivity contribution < 1.29 is 22.7 Å². The number of rotatable bonds is 5. The third-order valence-corrected chi connectivity index (χ3v) is 4.44. The molecule has 2 rings (SSSR count). The van der Waals surface area contributed by atoms with E-state index in [9.17, 15) is 18.0 Å². The number of halogens is 4. The lowest BCUT2D eigenvalue weighted by atomic mass is 9.91. The van der Waals surface area contributed by atoms with Gasteiger partial charge in [0.2, 0.25) is 5.91 Å². The van der Waals surface area contributed by atoms with Gasteiger partial charge >= 0.3 is 6.36 Å². The van der Waals surface area contributed by atoms with Crippen LogP contribution in [0.3, 0.4) is 0 Å². The van der Waals surface area contributed by atoms with Crippen LogP contribution in [0.2, 0.25) is 0 Å². The van der Waals surface area contributed by atoms with Gasteiger partial charge in [0.05, 0.1) is 0 Å². The lowest BCUT2D eigenvalue weighted by molar-refractivity contribution is -0.274. The Kier molecular flexibility index (Phi) is 8.02. The Labute approximate surface area is 151 Å². The first-order valence-corrected chi connectivity index (χ1v) is 8.13. The molecule has 0 spiro atoms. The Hall–Kier alpha value is -1.47. The highest BCUT2D eigenvalue weighted by atomic mass is 35.5. The standard InChI is InChI=1S/C17H23F3N2O2.ClH/c1-12(21)13-8-10-22(11-9-13)16(23)7-6-14-4-2-3-5-15(14)24-17(18,19)20;/h2-5,12-13H,6-11,21H2,1H3;1H. The second kappa shape index (κ2) is 9.29. The summed E-state index contributed by atoms with van der Waals surface area (Å²) in [5.74, 6) is 0.142. The summed E-state index contributed by atoms with van der Waals surface area (Å²) >= 11 is 0. The van der Waals surface area contributed by atoms with Gasteiger partial charge in [0.25, 0.3) is 0 Å². The van der Waals surface area contributed by atoms with Gasteiger partial charge in [-0.3, -0.25) is 4.79 Å². The van der Waals surface area contributed by atoms with Crippen molar-refractivity contribution in [2.45, 2.75) is 45.0 Å². The third kappa shape index (κ3) is 6.74. The van der Waals surface area contributed by atoms with Crippen LogP contribution < -0.4 is 10.5 Å². The fraction of sp³-hybridized carbons (Fsp3) is 0.588. The Morgan fingerprint density at radius 3 is 2.48 bits per heavy atom. The molecular weight excluding hydrogens is 357 g/mol. The molecule has 2 N–H and O–H groups in total. The number of nitrogens with two attached hydrogens (primary N) is 1. The molecule has 1 fully saturated rings. The molecule has 1 aromatic carbocycles. The van der Waals surface area contributed by atoms with Crippen LogP contribution in [-0.2, 0) is 11.2 Å². The van der Waals surface area contributed by atoms with Gasteiger partial charge < -0.3 is 15.4 Å². The number of alkyl halides is 3. The third-order valence-electron chi connectivity index (χ3n) is 4.44. The number of piperidine rings is 1. The number of carbonyl (C=O) groups excluding carboxylic acids is 1. The minimum Gasteiger partial charge on any atom is -0.406 e. The largest absolute Gasteiger partial charge is 0.573 e. The Bertz CT molecular complexity index is 559. The number of para-hydroxylation sites is 1. The molecule has 1 unspecified atom stereocenters. The van der Waals surface area contributed by atoms with E-state index in [1.807, 2.05) is 6.92 Å². The first-order valence-electron chi connectivity index (χ1n) is 8.13. The SMILES string of the molecule is CC(N)C1CCN(C(=O)CCc2ccccc2OC(F)(F)F)CC1.Cl. The summed E-state index contributed by atoms with van der Waals surface area (Å²) in [6.45, 7) is 3.29. The molecule has 1 amide bonds. The maximum Gasteiger partial charge on any atom is 0.573 e. The highest BCUT2D eigenvalue weighted by molar-refractivity contribution is 5.85. The second-order valence-corrected chi connectivity index (χ2v) is 6.23. The van der Waals surface area contributed by atoms with Gasteiger partial charge in [-0.15, -0.1) is 25.6 Å². The number of carbonyl (C=O) groups is 1. The van der Waals surface area contributed by atoms with Crippen molar-refractivity contribution in [3.63, 3.8) is 0 Å². The summed E-state index contributed by atoms with van der Waals surface area (Å²) in [6.07, 6.45) is -2.60. The van der Waals surface area contributed by atoms with Gasteiger partial charge in [-0.2, -0.15) is 0 Å². The van der Waals surface area contributed by atoms with E-state index in [1.54, 1.807) is 17.0 Å². The number of benzene rings is 1. The summed E-state index contributed by atoms with van der Waals surface area (Å²) in [4.78, 5) is 14.0. The number of ether oxygens (including phenoxy) is 1. The topological polar surface area (TPSA) is 55.6 Å². The van der Waals surface area contributed by atoms with Gasteiger partial charge in [-0.1, -0.05) is 18.2 Å². The molecule has 1 heterocycles. The molecular formula is C17H24ClF3N2O2. The van der Waals surface area contributed by atoms with Crippen molar-refractivity contribution in [1.29, 1.82) is 0 Å². The van der Waals surface area contributed by atoms with E-state index in [2.05, 4.69) is 4.74 Å². The number of nitrogens with zero attached hydrogens (tertiary/aromatic N) is 1. The predicted molar refractivity (Wildman–Crippen MR) is 91.6 cm³/mol. The van der Waals surface area contributed by atoms with E-state index in [1.165, 1.54) is 12.1 Å². The van der Waals surface area contributed by atoms with E-state index >= 15 is 0 Å². The van der Waals surface area contributed by atoms with E-state index < -0.39 is 6.36 Å². The van der Waals surface area contributed by atoms with Crippen LogP contribution in [0.1, 0.15) is 31.7 Å². The van der Waals surface area contributed by atoms with Crippen molar-refractivity contribution in [2.75, 3.05) is 13.1 Å². The van der Waals surface area contributed by atoms with Gasteiger partial charge in [-0.05, 0) is 43.7 Å². The molecule has 1 aromatic rings. The summed E-state index contributed by atoms with van der Waals surface area (Å²) in [5, 5.41) is 0. The zero-order valence-electron chi connectivity index (χ0n) is 14.1. The summed E-state index contributed by atoms with van der Waals surface area (Å²) in [7, 11) is 0. The first kappa shape index (κ1) is 21.6. The fourth-order valence-electron chi connectivity index (χ4n) is 3.01. The molecule has 1 aliphatic heterocycles. The van der Waals surface area contributed by atoms with Crippen molar-refractivity contribution in [3.05, 3.63) is 29.8 Å². The molecule has 0 bridgehead atoms. The van der Waals surface area contributed by atoms with Crippen LogP contribution in [0.5, 0.6) is 5.75 Å². The summed E-state index contributed by atoms with van der Waals surface area (Å²) in [6, 6.07) is 6.05. The number of likely N-dealkylation sites (tertiary alicyclic amines) is 1. The molecule has 4 nitrogen and oxygen atoms in total. The van der Waals surface area contributed by atoms with Crippen molar-refractivity contribution in [2.24, 2.45) is 11.7 Å². The highest BCUT2D eigenvalue weighted by Crippen LogP contribution is 2.27. The Morgan fingerprint density at radius 2 is 1.92 bits per heavy atom. The zero-order chi connectivity index (χ0) is 17.7. The molecule has 0 radical (unpaired) electrons. The van der Waals surface area contributed by atoms with Crippen LogP contribution in [0.25, 0.3) is 0 Å². The lowest BCUT2D eigenvalue weighted by Crippen LogP contribution is -2.42. The minimum atomic E-state index is -4.74. The highest BCUT2D eigenvalue weighted by Gasteiger charge is 2.32. The number of amides is 1. The Balaban J connectivity index is 0.00000312. The van der Waals surface area contributed by atoms with E-state index in [0.717, 1.165) is 12.8 Å². The molecule has 0 saturated carbocycles. The van der Waals surface area contributed by atoms with Crippen LogP contribution in [0.4, 0.5) is 13.2 Å². The average Bonchev–Trinajstić information content (AvgIpc) is 2.52. The normalized spacial score (nSPS) is 16.9. The molecule has 8 heteroatoms. The van der Waals surface area contributed by atoms with Crippen molar-refractivity contribution >= 4 is 18.3 Å². The number of aryl methyl sites for hydroxylation is 1. The van der Waals surface area contributed by atoms with Gasteiger partial charge in [0, 0.05) is 25.6 Å². The fourth-order valence-corrected chi connectivity index (χ4v) is 3.01. The minimum absolute atomic E-state index is 0. The smallest absolute Gasteiger partial charge is 0.406 e. The molecule has 25 heavy (non-hydrogen) atoms. The number of hydrogen-bond acceptors (Lipinski definition) is 3. The second-order valence-electron chi connectivity index (χ2n) is 6.23. The summed E-state index contributed by atoms with van der Waals surface area (Å²) < 4.78 is 41.2. The zero-order valence-corrected chi connectivity index (χ0v) is 14.9. The van der Waals surface area contributed by atoms with Crippen LogP contribution in [0.15, 0.2) is 24.3 Å². The first-order chi connectivity index (χ1) is 11.3. The predicted octanol–water partition coefficient (Wildman–Crippen LogP) is 3.53. The molecule has 1 aliphatic rings. The van der Waals surface area contributed by atoms with Crippen molar-refractivity contribution in [3.8, 4) is 5.75 Å². The quantitative estimate of drug-likeness (QED) is 0.850. The van der Waals surface area contributed by atoms with E-state index in [4.69, 9.17) is 5.73 Å². The van der Waals surface area contributed by atoms with Crippen LogP contribution in [-0.4, -0.2) is 36.3 Å².